The Morgan fingerprint density at radius 2 is 1.59 bits per heavy atom. The fourth-order valence-electron chi connectivity index (χ4n) is 2.95. The van der Waals surface area contributed by atoms with E-state index in [4.69, 9.17) is 9.47 Å². The molecule has 2 aromatic carbocycles. The molecule has 1 aliphatic heterocycles. The van der Waals surface area contributed by atoms with E-state index < -0.39 is 40.7 Å². The number of ether oxygens (including phenoxy) is 2. The maximum absolute atomic E-state index is 14.2. The zero-order chi connectivity index (χ0) is 23.9. The Morgan fingerprint density at radius 1 is 1.03 bits per heavy atom. The highest BCUT2D eigenvalue weighted by molar-refractivity contribution is 14.1. The Morgan fingerprint density at radius 3 is 2.12 bits per heavy atom. The molecule has 1 amide bonds. The summed E-state index contributed by atoms with van der Waals surface area (Å²) in [4.78, 5) is 12.8. The van der Waals surface area contributed by atoms with Gasteiger partial charge in [-0.1, -0.05) is 0 Å². The first-order valence-corrected chi connectivity index (χ1v) is 10.2. The summed E-state index contributed by atoms with van der Waals surface area (Å²) >= 11 is 2.02. The van der Waals surface area contributed by atoms with E-state index in [0.717, 1.165) is 0 Å². The average Bonchev–Trinajstić information content (AvgIpc) is 3.00. The van der Waals surface area contributed by atoms with Crippen molar-refractivity contribution in [3.8, 4) is 11.5 Å². The van der Waals surface area contributed by atoms with Gasteiger partial charge in [-0.15, -0.1) is 0 Å². The first-order chi connectivity index (χ1) is 15.0. The zero-order valence-corrected chi connectivity index (χ0v) is 19.4. The number of anilines is 1. The number of benzene rings is 2. The van der Waals surface area contributed by atoms with Crippen LogP contribution in [0.25, 0.3) is 6.08 Å². The number of rotatable bonds is 5. The normalized spacial score (nSPS) is 15.1. The van der Waals surface area contributed by atoms with Crippen LogP contribution in [0.1, 0.15) is 26.3 Å². The van der Waals surface area contributed by atoms with Gasteiger partial charge in [0.2, 0.25) is 5.82 Å². The van der Waals surface area contributed by atoms with E-state index in [-0.39, 0.29) is 22.4 Å². The predicted octanol–water partition coefficient (Wildman–Crippen LogP) is 5.59. The maximum atomic E-state index is 14.2. The van der Waals surface area contributed by atoms with Crippen LogP contribution in [-0.2, 0) is 4.79 Å². The third-order valence-electron chi connectivity index (χ3n) is 4.38. The summed E-state index contributed by atoms with van der Waals surface area (Å²) < 4.78 is 80.6. The fraction of sp³-hybridized carbons (Fsp3) is 0.238. The zero-order valence-electron chi connectivity index (χ0n) is 17.2. The van der Waals surface area contributed by atoms with Crippen molar-refractivity contribution < 1.29 is 36.2 Å². The van der Waals surface area contributed by atoms with Crippen LogP contribution in [0.15, 0.2) is 22.8 Å². The maximum Gasteiger partial charge on any atom is 0.280 e. The largest absolute Gasteiger partial charge is 0.493 e. The van der Waals surface area contributed by atoms with E-state index in [1.807, 2.05) is 36.4 Å². The summed E-state index contributed by atoms with van der Waals surface area (Å²) in [6.07, 6.45) is 1.25. The molecular weight excluding hydrogens is 550 g/mol. The van der Waals surface area contributed by atoms with E-state index in [9.17, 15) is 26.7 Å². The van der Waals surface area contributed by atoms with Crippen molar-refractivity contribution in [2.75, 3.05) is 12.1 Å². The van der Waals surface area contributed by atoms with Gasteiger partial charge in [0.05, 0.1) is 28.1 Å². The lowest BCUT2D eigenvalue weighted by atomic mass is 10.1. The van der Waals surface area contributed by atoms with Crippen molar-refractivity contribution in [1.29, 1.82) is 0 Å². The molecule has 1 aliphatic rings. The Balaban J connectivity index is 2.06. The molecule has 0 fully saturated rings. The molecule has 0 bridgehead atoms. The second-order valence-electron chi connectivity index (χ2n) is 6.98. The van der Waals surface area contributed by atoms with Gasteiger partial charge in [-0.25, -0.2) is 22.0 Å². The smallest absolute Gasteiger partial charge is 0.280 e. The predicted molar refractivity (Wildman–Crippen MR) is 116 cm³/mol. The lowest BCUT2D eigenvalue weighted by Gasteiger charge is -2.16. The summed E-state index contributed by atoms with van der Waals surface area (Å²) in [5, 5.41) is 3.87. The Hall–Kier alpha value is -2.70. The molecule has 0 unspecified atom stereocenters. The fourth-order valence-corrected chi connectivity index (χ4v) is 3.71. The van der Waals surface area contributed by atoms with Crippen LogP contribution >= 0.6 is 22.6 Å². The molecule has 5 nitrogen and oxygen atoms in total. The quantitative estimate of drug-likeness (QED) is 0.156. The molecule has 0 atom stereocenters. The van der Waals surface area contributed by atoms with E-state index >= 15 is 0 Å². The van der Waals surface area contributed by atoms with Gasteiger partial charge in [-0.3, -0.25) is 4.79 Å². The molecule has 0 aromatic heterocycles. The van der Waals surface area contributed by atoms with Crippen LogP contribution in [0.5, 0.6) is 11.5 Å². The molecule has 0 radical (unpaired) electrons. The van der Waals surface area contributed by atoms with Crippen LogP contribution < -0.4 is 14.5 Å². The van der Waals surface area contributed by atoms with Crippen LogP contribution in [0.2, 0.25) is 0 Å². The second-order valence-corrected chi connectivity index (χ2v) is 8.14. The summed E-state index contributed by atoms with van der Waals surface area (Å²) in [6, 6.07) is 3.25. The highest BCUT2D eigenvalue weighted by atomic mass is 127. The molecule has 0 N–H and O–H groups in total. The summed E-state index contributed by atoms with van der Waals surface area (Å²) in [7, 11) is 1.44. The number of hydrazone groups is 1. The number of amides is 1. The number of halogens is 6. The van der Waals surface area contributed by atoms with Crippen LogP contribution in [-0.4, -0.2) is 24.8 Å². The van der Waals surface area contributed by atoms with Gasteiger partial charge in [0.25, 0.3) is 5.91 Å². The number of nitrogens with zero attached hydrogens (tertiary/aromatic N) is 2. The lowest BCUT2D eigenvalue weighted by Crippen LogP contribution is -2.25. The van der Waals surface area contributed by atoms with Crippen molar-refractivity contribution in [3.63, 3.8) is 0 Å². The topological polar surface area (TPSA) is 51.1 Å². The molecule has 0 saturated carbocycles. The van der Waals surface area contributed by atoms with E-state index in [1.54, 1.807) is 12.1 Å². The number of hydrogen-bond acceptors (Lipinski definition) is 4. The third kappa shape index (κ3) is 4.17. The van der Waals surface area contributed by atoms with Gasteiger partial charge in [-0.2, -0.15) is 10.1 Å². The summed E-state index contributed by atoms with van der Waals surface area (Å²) in [5.41, 5.74) is -1.04. The van der Waals surface area contributed by atoms with Crippen molar-refractivity contribution in [3.05, 3.63) is 55.9 Å². The first-order valence-electron chi connectivity index (χ1n) is 9.15. The standard InChI is InChI=1S/C21H16F5IN2O3/c1-8(2)32-20-12(27)6-10(7-13(20)31-4)5-11-9(3)28-29(21(11)30)19-17(25)15(23)14(22)16(24)18(19)26/h5-8H,1-4H3/b11-5-. The van der Waals surface area contributed by atoms with Crippen LogP contribution in [0.4, 0.5) is 27.6 Å². The van der Waals surface area contributed by atoms with Crippen molar-refractivity contribution >= 4 is 46.0 Å². The molecule has 0 saturated heterocycles. The number of carbonyl (C=O) groups is 1. The van der Waals surface area contributed by atoms with Gasteiger partial charge in [-0.05, 0) is 67.1 Å². The monoisotopic (exact) mass is 566 g/mol. The first kappa shape index (κ1) is 24.0. The molecule has 11 heteroatoms. The number of hydrogen-bond donors (Lipinski definition) is 0. The van der Waals surface area contributed by atoms with E-state index in [0.29, 0.717) is 20.6 Å². The summed E-state index contributed by atoms with van der Waals surface area (Å²) in [5.74, 6) is -11.1. The average molecular weight is 566 g/mol. The second kappa shape index (κ2) is 9.04. The SMILES string of the molecule is COc1cc(/C=C2\C(=O)N(c3c(F)c(F)c(F)c(F)c3F)N=C2C)cc(I)c1OC(C)C. The molecular formula is C21H16F5IN2O3. The highest BCUT2D eigenvalue weighted by Gasteiger charge is 2.37. The summed E-state index contributed by atoms with van der Waals surface area (Å²) in [6.45, 7) is 5.06. The van der Waals surface area contributed by atoms with Crippen LogP contribution in [0.3, 0.4) is 0 Å². The molecule has 32 heavy (non-hydrogen) atoms. The molecule has 0 spiro atoms. The van der Waals surface area contributed by atoms with Crippen molar-refractivity contribution in [2.45, 2.75) is 26.9 Å². The Kier molecular flexibility index (Phi) is 6.77. The molecule has 2 aromatic rings. The minimum atomic E-state index is -2.32. The Bertz CT molecular complexity index is 1150. The van der Waals surface area contributed by atoms with Crippen molar-refractivity contribution in [1.82, 2.24) is 0 Å². The molecule has 0 aliphatic carbocycles. The Labute approximate surface area is 193 Å². The lowest BCUT2D eigenvalue weighted by molar-refractivity contribution is -0.114. The number of methoxy groups -OCH3 is 1. The van der Waals surface area contributed by atoms with Gasteiger partial charge in [0.1, 0.15) is 5.69 Å². The minimum absolute atomic E-state index is 0.0235. The van der Waals surface area contributed by atoms with Crippen molar-refractivity contribution in [2.24, 2.45) is 5.10 Å². The minimum Gasteiger partial charge on any atom is -0.493 e. The highest BCUT2D eigenvalue weighted by Crippen LogP contribution is 2.37. The van der Waals surface area contributed by atoms with Gasteiger partial charge in [0.15, 0.2) is 34.8 Å². The van der Waals surface area contributed by atoms with Gasteiger partial charge >= 0.3 is 0 Å². The van der Waals surface area contributed by atoms with Gasteiger partial charge in [0, 0.05) is 0 Å². The van der Waals surface area contributed by atoms with E-state index in [1.165, 1.54) is 20.1 Å². The van der Waals surface area contributed by atoms with Crippen LogP contribution in [0, 0.1) is 32.7 Å². The molecule has 170 valence electrons. The van der Waals surface area contributed by atoms with Gasteiger partial charge < -0.3 is 9.47 Å². The molecule has 1 heterocycles. The van der Waals surface area contributed by atoms with E-state index in [2.05, 4.69) is 5.10 Å². The molecule has 3 rings (SSSR count). The third-order valence-corrected chi connectivity index (χ3v) is 5.18. The number of carbonyl (C=O) groups excluding carboxylic acids is 1.